The molecule has 0 atom stereocenters. The van der Waals surface area contributed by atoms with Crippen LogP contribution in [0.15, 0.2) is 48.8 Å². The number of carbonyl (C=O) groups is 1. The highest BCUT2D eigenvalue weighted by atomic mass is 16.1. The van der Waals surface area contributed by atoms with Gasteiger partial charge in [-0.25, -0.2) is 0 Å². The summed E-state index contributed by atoms with van der Waals surface area (Å²) in [5, 5.41) is 10.7. The Kier molecular flexibility index (Phi) is 4.34. The van der Waals surface area contributed by atoms with E-state index in [1.54, 1.807) is 12.4 Å². The van der Waals surface area contributed by atoms with Crippen molar-refractivity contribution >= 4 is 11.6 Å². The van der Waals surface area contributed by atoms with Gasteiger partial charge >= 0.3 is 0 Å². The highest BCUT2D eigenvalue weighted by molar-refractivity contribution is 5.83. The number of hydrogen-bond acceptors (Lipinski definition) is 4. The maximum Gasteiger partial charge on any atom is 0.220 e. The van der Waals surface area contributed by atoms with Gasteiger partial charge in [0, 0.05) is 61.0 Å². The summed E-state index contributed by atoms with van der Waals surface area (Å²) in [7, 11) is 0. The number of amides is 1. The van der Waals surface area contributed by atoms with Gasteiger partial charge in [0.25, 0.3) is 0 Å². The van der Waals surface area contributed by atoms with E-state index in [0.717, 1.165) is 60.6 Å². The second kappa shape index (κ2) is 7.03. The Morgan fingerprint density at radius 3 is 2.38 bits per heavy atom. The monoisotopic (exact) mass is 387 g/mol. The molecular weight excluding hydrogens is 362 g/mol. The Hall–Kier alpha value is -3.15. The third-order valence-corrected chi connectivity index (χ3v) is 6.44. The molecule has 1 amide bonds. The number of H-pyrrole nitrogens is 1. The first-order valence-electron chi connectivity index (χ1n) is 10.2. The van der Waals surface area contributed by atoms with Crippen molar-refractivity contribution in [2.75, 3.05) is 24.5 Å². The molecule has 29 heavy (non-hydrogen) atoms. The number of pyridine rings is 1. The fourth-order valence-corrected chi connectivity index (χ4v) is 4.68. The van der Waals surface area contributed by atoms with Gasteiger partial charge in [0.2, 0.25) is 5.91 Å². The van der Waals surface area contributed by atoms with Crippen molar-refractivity contribution in [2.45, 2.75) is 26.2 Å². The van der Waals surface area contributed by atoms with Gasteiger partial charge in [-0.05, 0) is 55.0 Å². The van der Waals surface area contributed by atoms with Gasteiger partial charge in [0.05, 0.1) is 0 Å². The predicted octanol–water partition coefficient (Wildman–Crippen LogP) is 3.55. The van der Waals surface area contributed by atoms with E-state index in [1.807, 2.05) is 12.1 Å². The van der Waals surface area contributed by atoms with E-state index in [9.17, 15) is 4.79 Å². The van der Waals surface area contributed by atoms with E-state index in [1.165, 1.54) is 5.69 Å². The summed E-state index contributed by atoms with van der Waals surface area (Å²) >= 11 is 0. The number of aromatic nitrogens is 3. The molecule has 1 aromatic carbocycles. The standard InChI is InChI=1S/C23H25N5O/c1-16-21(22(27-26-16)18-6-10-24-11-7-18)17-2-4-19(5-3-17)28-12-8-23(9-13-28)14-20(29)25-15-23/h2-7,10-11H,8-9,12-15H2,1H3,(H,25,29)(H,26,27). The maximum atomic E-state index is 11.6. The lowest BCUT2D eigenvalue weighted by Gasteiger charge is -2.39. The molecule has 3 aromatic rings. The van der Waals surface area contributed by atoms with E-state index < -0.39 is 0 Å². The minimum Gasteiger partial charge on any atom is -0.371 e. The molecule has 2 aromatic heterocycles. The Bertz CT molecular complexity index is 1020. The zero-order valence-electron chi connectivity index (χ0n) is 16.6. The minimum atomic E-state index is 0.181. The largest absolute Gasteiger partial charge is 0.371 e. The van der Waals surface area contributed by atoms with E-state index in [0.29, 0.717) is 6.42 Å². The first kappa shape index (κ1) is 17.9. The fraction of sp³-hybridized carbons (Fsp3) is 0.348. The minimum absolute atomic E-state index is 0.181. The number of benzene rings is 1. The van der Waals surface area contributed by atoms with E-state index >= 15 is 0 Å². The van der Waals surface area contributed by atoms with Gasteiger partial charge in [-0.2, -0.15) is 5.10 Å². The normalized spacial score (nSPS) is 18.2. The Morgan fingerprint density at radius 1 is 1.00 bits per heavy atom. The Labute approximate surface area is 170 Å². The van der Waals surface area contributed by atoms with Crippen LogP contribution in [0.3, 0.4) is 0 Å². The molecule has 2 N–H and O–H groups in total. The molecule has 6 nitrogen and oxygen atoms in total. The first-order valence-corrected chi connectivity index (χ1v) is 10.2. The van der Waals surface area contributed by atoms with Crippen LogP contribution in [0.1, 0.15) is 25.0 Å². The second-order valence-corrected chi connectivity index (χ2v) is 8.30. The number of carbonyl (C=O) groups excluding carboxylic acids is 1. The summed E-state index contributed by atoms with van der Waals surface area (Å²) in [5.41, 5.74) is 6.79. The predicted molar refractivity (Wildman–Crippen MR) is 113 cm³/mol. The Balaban J connectivity index is 1.36. The second-order valence-electron chi connectivity index (χ2n) is 8.30. The molecule has 0 bridgehead atoms. The van der Waals surface area contributed by atoms with Crippen molar-refractivity contribution in [3.8, 4) is 22.4 Å². The average Bonchev–Trinajstić information content (AvgIpc) is 3.32. The highest BCUT2D eigenvalue weighted by Gasteiger charge is 2.40. The first-order chi connectivity index (χ1) is 14.1. The Morgan fingerprint density at radius 2 is 1.72 bits per heavy atom. The molecule has 1 spiro atoms. The lowest BCUT2D eigenvalue weighted by atomic mass is 9.77. The summed E-state index contributed by atoms with van der Waals surface area (Å²) in [6, 6.07) is 12.7. The van der Waals surface area contributed by atoms with Crippen molar-refractivity contribution in [3.63, 3.8) is 0 Å². The molecular formula is C23H25N5O. The lowest BCUT2D eigenvalue weighted by molar-refractivity contribution is -0.119. The number of anilines is 1. The zero-order chi connectivity index (χ0) is 19.8. The van der Waals surface area contributed by atoms with Crippen molar-refractivity contribution in [3.05, 3.63) is 54.5 Å². The van der Waals surface area contributed by atoms with E-state index in [2.05, 4.69) is 56.6 Å². The third-order valence-electron chi connectivity index (χ3n) is 6.44. The summed E-state index contributed by atoms with van der Waals surface area (Å²) in [6.07, 6.45) is 6.42. The van der Waals surface area contributed by atoms with Crippen LogP contribution >= 0.6 is 0 Å². The van der Waals surface area contributed by atoms with Crippen LogP contribution < -0.4 is 10.2 Å². The molecule has 0 unspecified atom stereocenters. The summed E-state index contributed by atoms with van der Waals surface area (Å²) in [5.74, 6) is 0.211. The smallest absolute Gasteiger partial charge is 0.220 e. The quantitative estimate of drug-likeness (QED) is 0.721. The molecule has 148 valence electrons. The molecule has 2 aliphatic rings. The van der Waals surface area contributed by atoms with Crippen molar-refractivity contribution in [1.82, 2.24) is 20.5 Å². The van der Waals surface area contributed by atoms with Crippen LogP contribution in [0.25, 0.3) is 22.4 Å². The van der Waals surface area contributed by atoms with E-state index in [4.69, 9.17) is 0 Å². The number of hydrogen-bond donors (Lipinski definition) is 2. The van der Waals surface area contributed by atoms with Crippen molar-refractivity contribution in [2.24, 2.45) is 5.41 Å². The summed E-state index contributed by atoms with van der Waals surface area (Å²) < 4.78 is 0. The molecule has 6 heteroatoms. The fourth-order valence-electron chi connectivity index (χ4n) is 4.68. The van der Waals surface area contributed by atoms with Crippen LogP contribution in [-0.2, 0) is 4.79 Å². The van der Waals surface area contributed by atoms with Gasteiger partial charge in [-0.15, -0.1) is 0 Å². The number of nitrogens with zero attached hydrogens (tertiary/aromatic N) is 3. The average molecular weight is 387 g/mol. The van der Waals surface area contributed by atoms with Crippen LogP contribution in [0.2, 0.25) is 0 Å². The van der Waals surface area contributed by atoms with Crippen LogP contribution in [-0.4, -0.2) is 40.7 Å². The third kappa shape index (κ3) is 3.28. The van der Waals surface area contributed by atoms with Gasteiger partial charge in [0.15, 0.2) is 0 Å². The number of piperidine rings is 1. The molecule has 2 aliphatic heterocycles. The SMILES string of the molecule is Cc1[nH]nc(-c2ccncc2)c1-c1ccc(N2CCC3(CC2)CNC(=O)C3)cc1. The highest BCUT2D eigenvalue weighted by Crippen LogP contribution is 2.39. The maximum absolute atomic E-state index is 11.6. The van der Waals surface area contributed by atoms with Gasteiger partial charge < -0.3 is 10.2 Å². The van der Waals surface area contributed by atoms with Gasteiger partial charge in [-0.3, -0.25) is 14.9 Å². The van der Waals surface area contributed by atoms with Gasteiger partial charge in [-0.1, -0.05) is 12.1 Å². The number of nitrogens with one attached hydrogen (secondary N) is 2. The number of aromatic amines is 1. The van der Waals surface area contributed by atoms with Crippen LogP contribution in [0.4, 0.5) is 5.69 Å². The molecule has 2 saturated heterocycles. The molecule has 4 heterocycles. The zero-order valence-corrected chi connectivity index (χ0v) is 16.6. The van der Waals surface area contributed by atoms with Crippen LogP contribution in [0, 0.1) is 12.3 Å². The summed E-state index contributed by atoms with van der Waals surface area (Å²) in [4.78, 5) is 18.2. The lowest BCUT2D eigenvalue weighted by Crippen LogP contribution is -2.41. The topological polar surface area (TPSA) is 73.9 Å². The van der Waals surface area contributed by atoms with Crippen molar-refractivity contribution in [1.29, 1.82) is 0 Å². The molecule has 2 fully saturated rings. The number of rotatable bonds is 3. The summed E-state index contributed by atoms with van der Waals surface area (Å²) in [6.45, 7) is 4.90. The van der Waals surface area contributed by atoms with Crippen LogP contribution in [0.5, 0.6) is 0 Å². The molecule has 5 rings (SSSR count). The van der Waals surface area contributed by atoms with Gasteiger partial charge in [0.1, 0.15) is 5.69 Å². The van der Waals surface area contributed by atoms with E-state index in [-0.39, 0.29) is 11.3 Å². The molecule has 0 aliphatic carbocycles. The number of aryl methyl sites for hydroxylation is 1. The molecule has 0 radical (unpaired) electrons. The molecule has 0 saturated carbocycles. The van der Waals surface area contributed by atoms with Crippen molar-refractivity contribution < 1.29 is 4.79 Å².